The maximum absolute atomic E-state index is 5.83. The van der Waals surface area contributed by atoms with Crippen LogP contribution in [-0.4, -0.2) is 22.8 Å². The highest BCUT2D eigenvalue weighted by Crippen LogP contribution is 2.26. The molecule has 0 aliphatic carbocycles. The lowest BCUT2D eigenvalue weighted by Gasteiger charge is -2.10. The van der Waals surface area contributed by atoms with E-state index in [1.54, 1.807) is 0 Å². The van der Waals surface area contributed by atoms with Crippen molar-refractivity contribution in [2.75, 3.05) is 18.1 Å². The van der Waals surface area contributed by atoms with Crippen LogP contribution >= 0.6 is 11.8 Å². The molecule has 1 N–H and O–H groups in total. The zero-order valence-corrected chi connectivity index (χ0v) is 12.1. The van der Waals surface area contributed by atoms with Gasteiger partial charge in [-0.25, -0.2) is 4.98 Å². The van der Waals surface area contributed by atoms with E-state index in [9.17, 15) is 0 Å². The third kappa shape index (κ3) is 3.61. The third-order valence-electron chi connectivity index (χ3n) is 2.53. The van der Waals surface area contributed by atoms with Crippen LogP contribution in [-0.2, 0) is 0 Å². The van der Waals surface area contributed by atoms with Crippen molar-refractivity contribution in [1.29, 1.82) is 0 Å². The number of aromatic nitrogens is 2. The Morgan fingerprint density at radius 2 is 2.05 bits per heavy atom. The second-order valence-corrected chi connectivity index (χ2v) is 4.75. The Morgan fingerprint density at radius 1 is 1.26 bits per heavy atom. The topological polar surface area (TPSA) is 47.0 Å². The first-order valence-electron chi connectivity index (χ1n) is 6.13. The van der Waals surface area contributed by atoms with Gasteiger partial charge in [0, 0.05) is 12.6 Å². The number of benzene rings is 1. The number of rotatable bonds is 5. The summed E-state index contributed by atoms with van der Waals surface area (Å²) in [6.07, 6.45) is 1.95. The van der Waals surface area contributed by atoms with Crippen LogP contribution in [0.25, 0.3) is 0 Å². The van der Waals surface area contributed by atoms with E-state index in [1.807, 2.05) is 50.4 Å². The van der Waals surface area contributed by atoms with Crippen LogP contribution in [0.1, 0.15) is 12.5 Å². The smallest absolute Gasteiger partial charge is 0.225 e. The molecule has 0 atom stereocenters. The van der Waals surface area contributed by atoms with Crippen molar-refractivity contribution in [2.24, 2.45) is 0 Å². The molecule has 0 saturated carbocycles. The summed E-state index contributed by atoms with van der Waals surface area (Å²) in [7, 11) is 0. The number of thioether (sulfide) groups is 1. The van der Waals surface area contributed by atoms with Gasteiger partial charge in [0.15, 0.2) is 5.16 Å². The van der Waals surface area contributed by atoms with Gasteiger partial charge in [0.05, 0.1) is 0 Å². The highest BCUT2D eigenvalue weighted by molar-refractivity contribution is 7.98. The van der Waals surface area contributed by atoms with Gasteiger partial charge < -0.3 is 10.1 Å². The zero-order valence-electron chi connectivity index (χ0n) is 11.3. The van der Waals surface area contributed by atoms with Crippen LogP contribution in [0.15, 0.2) is 35.5 Å². The SMILES string of the molecule is CCNc1cc(Oc2ccccc2C)nc(SC)n1. The minimum Gasteiger partial charge on any atom is -0.439 e. The molecule has 1 heterocycles. The van der Waals surface area contributed by atoms with Gasteiger partial charge in [-0.2, -0.15) is 4.98 Å². The summed E-state index contributed by atoms with van der Waals surface area (Å²) in [4.78, 5) is 8.73. The highest BCUT2D eigenvalue weighted by atomic mass is 32.2. The van der Waals surface area contributed by atoms with Gasteiger partial charge in [-0.15, -0.1) is 0 Å². The molecule has 5 heteroatoms. The lowest BCUT2D eigenvalue weighted by atomic mass is 10.2. The summed E-state index contributed by atoms with van der Waals surface area (Å²) in [5.41, 5.74) is 1.08. The van der Waals surface area contributed by atoms with Crippen molar-refractivity contribution in [1.82, 2.24) is 9.97 Å². The summed E-state index contributed by atoms with van der Waals surface area (Å²) >= 11 is 1.50. The van der Waals surface area contributed by atoms with E-state index in [0.717, 1.165) is 23.7 Å². The zero-order chi connectivity index (χ0) is 13.7. The first-order valence-corrected chi connectivity index (χ1v) is 7.36. The van der Waals surface area contributed by atoms with Gasteiger partial charge in [0.2, 0.25) is 5.88 Å². The van der Waals surface area contributed by atoms with Crippen LogP contribution in [0.2, 0.25) is 0 Å². The third-order valence-corrected chi connectivity index (χ3v) is 3.08. The first-order chi connectivity index (χ1) is 9.22. The molecule has 0 aliphatic heterocycles. The molecule has 0 amide bonds. The molecule has 2 aromatic rings. The minimum atomic E-state index is 0.560. The molecule has 1 aromatic heterocycles. The van der Waals surface area contributed by atoms with Gasteiger partial charge in [-0.05, 0) is 31.7 Å². The molecule has 4 nitrogen and oxygen atoms in total. The largest absolute Gasteiger partial charge is 0.439 e. The lowest BCUT2D eigenvalue weighted by molar-refractivity contribution is 0.453. The summed E-state index contributed by atoms with van der Waals surface area (Å²) in [5, 5.41) is 3.87. The van der Waals surface area contributed by atoms with Crippen molar-refractivity contribution in [3.8, 4) is 11.6 Å². The molecule has 0 spiro atoms. The molecule has 0 saturated heterocycles. The molecule has 0 radical (unpaired) electrons. The normalized spacial score (nSPS) is 10.3. The van der Waals surface area contributed by atoms with E-state index in [0.29, 0.717) is 11.0 Å². The predicted molar refractivity (Wildman–Crippen MR) is 79.2 cm³/mol. The number of anilines is 1. The van der Waals surface area contributed by atoms with Crippen molar-refractivity contribution >= 4 is 17.6 Å². The Balaban J connectivity index is 2.29. The maximum Gasteiger partial charge on any atom is 0.225 e. The van der Waals surface area contributed by atoms with Crippen LogP contribution < -0.4 is 10.1 Å². The van der Waals surface area contributed by atoms with Gasteiger partial charge in [-0.3, -0.25) is 0 Å². The van der Waals surface area contributed by atoms with Crippen molar-refractivity contribution in [2.45, 2.75) is 19.0 Å². The van der Waals surface area contributed by atoms with Gasteiger partial charge in [0.1, 0.15) is 11.6 Å². The average molecular weight is 275 g/mol. The van der Waals surface area contributed by atoms with Crippen LogP contribution in [0.5, 0.6) is 11.6 Å². The van der Waals surface area contributed by atoms with E-state index in [-0.39, 0.29) is 0 Å². The van der Waals surface area contributed by atoms with Crippen LogP contribution in [0, 0.1) is 6.92 Å². The number of nitrogens with zero attached hydrogens (tertiary/aromatic N) is 2. The van der Waals surface area contributed by atoms with Crippen molar-refractivity contribution < 1.29 is 4.74 Å². The van der Waals surface area contributed by atoms with E-state index in [1.165, 1.54) is 11.8 Å². The maximum atomic E-state index is 5.83. The van der Waals surface area contributed by atoms with Crippen molar-refractivity contribution in [3.63, 3.8) is 0 Å². The van der Waals surface area contributed by atoms with Crippen molar-refractivity contribution in [3.05, 3.63) is 35.9 Å². The van der Waals surface area contributed by atoms with E-state index in [4.69, 9.17) is 4.74 Å². The summed E-state index contributed by atoms with van der Waals surface area (Å²) in [6.45, 7) is 4.86. The van der Waals surface area contributed by atoms with Crippen LogP contribution in [0.3, 0.4) is 0 Å². The number of nitrogens with one attached hydrogen (secondary N) is 1. The number of aryl methyl sites for hydroxylation is 1. The van der Waals surface area contributed by atoms with Crippen LogP contribution in [0.4, 0.5) is 5.82 Å². The van der Waals surface area contributed by atoms with Gasteiger partial charge >= 0.3 is 0 Å². The molecule has 0 fully saturated rings. The average Bonchev–Trinajstić information content (AvgIpc) is 2.41. The lowest BCUT2D eigenvalue weighted by Crippen LogP contribution is -2.02. The number of ether oxygens (including phenoxy) is 1. The monoisotopic (exact) mass is 275 g/mol. The molecular weight excluding hydrogens is 258 g/mol. The Hall–Kier alpha value is -1.75. The number of hydrogen-bond acceptors (Lipinski definition) is 5. The number of para-hydroxylation sites is 1. The Labute approximate surface area is 117 Å². The standard InChI is InChI=1S/C14H17N3OS/c1-4-15-12-9-13(17-14(16-12)19-3)18-11-8-6-5-7-10(11)2/h5-9H,4H2,1-3H3,(H,15,16,17). The second-order valence-electron chi connectivity index (χ2n) is 3.98. The van der Waals surface area contributed by atoms with E-state index >= 15 is 0 Å². The van der Waals surface area contributed by atoms with E-state index < -0.39 is 0 Å². The van der Waals surface area contributed by atoms with Gasteiger partial charge in [-0.1, -0.05) is 30.0 Å². The highest BCUT2D eigenvalue weighted by Gasteiger charge is 2.07. The molecule has 1 aromatic carbocycles. The second kappa shape index (κ2) is 6.43. The Kier molecular flexibility index (Phi) is 4.63. The Bertz CT molecular complexity index is 560. The fourth-order valence-corrected chi connectivity index (χ4v) is 1.97. The predicted octanol–water partition coefficient (Wildman–Crippen LogP) is 3.73. The van der Waals surface area contributed by atoms with E-state index in [2.05, 4.69) is 15.3 Å². The molecule has 100 valence electrons. The Morgan fingerprint density at radius 3 is 2.74 bits per heavy atom. The molecular formula is C14H17N3OS. The molecule has 19 heavy (non-hydrogen) atoms. The molecule has 0 unspecified atom stereocenters. The summed E-state index contributed by atoms with van der Waals surface area (Å²) < 4.78 is 5.83. The quantitative estimate of drug-likeness (QED) is 0.665. The fraction of sp³-hybridized carbons (Fsp3) is 0.286. The van der Waals surface area contributed by atoms with Gasteiger partial charge in [0.25, 0.3) is 0 Å². The molecule has 2 rings (SSSR count). The molecule has 0 aliphatic rings. The minimum absolute atomic E-state index is 0.560. The first kappa shape index (κ1) is 13.7. The fourth-order valence-electron chi connectivity index (χ4n) is 1.60. The number of hydrogen-bond donors (Lipinski definition) is 1. The summed E-state index contributed by atoms with van der Waals surface area (Å²) in [6, 6.07) is 9.69. The summed E-state index contributed by atoms with van der Waals surface area (Å²) in [5.74, 6) is 2.16. The molecule has 0 bridgehead atoms.